The van der Waals surface area contributed by atoms with Crippen molar-refractivity contribution in [1.29, 1.82) is 0 Å². The fourth-order valence-corrected chi connectivity index (χ4v) is 1.82. The molecule has 0 amide bonds. The van der Waals surface area contributed by atoms with Crippen molar-refractivity contribution in [1.82, 2.24) is 0 Å². The number of epoxide rings is 1. The minimum absolute atomic E-state index is 0.185. The maximum absolute atomic E-state index is 10.4. The fraction of sp³-hybridized carbons (Fsp3) is 0.400. The van der Waals surface area contributed by atoms with E-state index >= 15 is 0 Å². The van der Waals surface area contributed by atoms with Gasteiger partial charge in [-0.3, -0.25) is 4.55 Å². The van der Waals surface area contributed by atoms with Crippen molar-refractivity contribution in [2.45, 2.75) is 12.2 Å². The second kappa shape index (κ2) is 4.61. The van der Waals surface area contributed by atoms with E-state index in [1.54, 1.807) is 19.2 Å². The van der Waals surface area contributed by atoms with Crippen LogP contribution in [0.3, 0.4) is 0 Å². The molecule has 1 aliphatic heterocycles. The Hall–Kier alpha value is -1.15. The highest BCUT2D eigenvalue weighted by molar-refractivity contribution is 7.80. The van der Waals surface area contributed by atoms with Gasteiger partial charge in [-0.05, 0) is 17.7 Å². The normalized spacial score (nSPS) is 23.4. The molecule has 1 aromatic rings. The molecule has 1 heterocycles. The third-order valence-electron chi connectivity index (χ3n) is 2.41. The molecule has 6 nitrogen and oxygen atoms in total. The summed E-state index contributed by atoms with van der Waals surface area (Å²) in [6.07, 6.45) is -0.534. The molecule has 1 saturated heterocycles. The molecule has 7 heteroatoms. The Kier molecular flexibility index (Phi) is 3.34. The van der Waals surface area contributed by atoms with Crippen LogP contribution >= 0.6 is 0 Å². The lowest BCUT2D eigenvalue weighted by atomic mass is 10.1. The predicted molar refractivity (Wildman–Crippen MR) is 58.1 cm³/mol. The van der Waals surface area contributed by atoms with Crippen LogP contribution < -0.4 is 4.74 Å². The summed E-state index contributed by atoms with van der Waals surface area (Å²) >= 11 is 0. The van der Waals surface area contributed by atoms with Crippen molar-refractivity contribution in [3.63, 3.8) is 0 Å². The van der Waals surface area contributed by atoms with E-state index in [1.165, 1.54) is 0 Å². The molecule has 1 N–H and O–H groups in total. The maximum atomic E-state index is 10.4. The van der Waals surface area contributed by atoms with E-state index in [-0.39, 0.29) is 18.8 Å². The van der Waals surface area contributed by atoms with Crippen molar-refractivity contribution < 1.29 is 26.6 Å². The summed E-state index contributed by atoms with van der Waals surface area (Å²) in [5.41, 5.74) is 0.912. The lowest BCUT2D eigenvalue weighted by molar-refractivity contribution is 0.234. The van der Waals surface area contributed by atoms with Gasteiger partial charge in [-0.25, -0.2) is 4.18 Å². The quantitative estimate of drug-likeness (QED) is 0.626. The van der Waals surface area contributed by atoms with Crippen LogP contribution in [0, 0.1) is 0 Å². The van der Waals surface area contributed by atoms with Gasteiger partial charge in [0.1, 0.15) is 18.0 Å². The summed E-state index contributed by atoms with van der Waals surface area (Å²) in [6, 6.07) is 7.24. The third-order valence-corrected chi connectivity index (χ3v) is 2.84. The molecule has 1 aromatic carbocycles. The molecule has 0 spiro atoms. The van der Waals surface area contributed by atoms with Crippen molar-refractivity contribution in [3.8, 4) is 5.75 Å². The molecule has 0 bridgehead atoms. The van der Waals surface area contributed by atoms with Gasteiger partial charge in [0.15, 0.2) is 0 Å². The average molecular weight is 260 g/mol. The smallest absolute Gasteiger partial charge is 0.397 e. The molecule has 17 heavy (non-hydrogen) atoms. The summed E-state index contributed by atoms with van der Waals surface area (Å²) in [6.45, 7) is -0.185. The zero-order valence-electron chi connectivity index (χ0n) is 9.07. The van der Waals surface area contributed by atoms with Crippen LogP contribution in [0.4, 0.5) is 0 Å². The highest BCUT2D eigenvalue weighted by Gasteiger charge is 2.41. The van der Waals surface area contributed by atoms with E-state index in [2.05, 4.69) is 4.18 Å². The number of hydrogen-bond donors (Lipinski definition) is 1. The summed E-state index contributed by atoms with van der Waals surface area (Å²) in [5, 5.41) is 0. The van der Waals surface area contributed by atoms with Crippen molar-refractivity contribution in [2.75, 3.05) is 13.7 Å². The number of hydrogen-bond acceptors (Lipinski definition) is 5. The lowest BCUT2D eigenvalue weighted by Gasteiger charge is -2.00. The van der Waals surface area contributed by atoms with Crippen LogP contribution in [-0.4, -0.2) is 32.8 Å². The molecule has 0 saturated carbocycles. The Morgan fingerprint density at radius 3 is 2.53 bits per heavy atom. The molecule has 2 rings (SSSR count). The molecular formula is C10H12O6S. The zero-order valence-corrected chi connectivity index (χ0v) is 9.88. The van der Waals surface area contributed by atoms with E-state index in [1.807, 2.05) is 12.1 Å². The van der Waals surface area contributed by atoms with Gasteiger partial charge in [-0.15, -0.1) is 0 Å². The highest BCUT2D eigenvalue weighted by Crippen LogP contribution is 2.39. The van der Waals surface area contributed by atoms with Gasteiger partial charge in [-0.2, -0.15) is 8.42 Å². The van der Waals surface area contributed by atoms with E-state index in [4.69, 9.17) is 14.0 Å². The van der Waals surface area contributed by atoms with E-state index < -0.39 is 10.4 Å². The molecule has 0 aliphatic carbocycles. The Labute approximate surface area is 99.1 Å². The highest BCUT2D eigenvalue weighted by atomic mass is 32.3. The van der Waals surface area contributed by atoms with Gasteiger partial charge < -0.3 is 9.47 Å². The van der Waals surface area contributed by atoms with Crippen LogP contribution in [0.1, 0.15) is 11.7 Å². The van der Waals surface area contributed by atoms with E-state index in [0.29, 0.717) is 0 Å². The first-order valence-corrected chi connectivity index (χ1v) is 6.27. The van der Waals surface area contributed by atoms with Crippen LogP contribution in [0.2, 0.25) is 0 Å². The molecule has 2 atom stereocenters. The Morgan fingerprint density at radius 2 is 2.00 bits per heavy atom. The van der Waals surface area contributed by atoms with Crippen molar-refractivity contribution in [3.05, 3.63) is 29.8 Å². The Bertz CT molecular complexity index is 480. The summed E-state index contributed by atoms with van der Waals surface area (Å²) in [7, 11) is -2.82. The van der Waals surface area contributed by atoms with Crippen LogP contribution in [0.15, 0.2) is 24.3 Å². The minimum atomic E-state index is -4.40. The Morgan fingerprint density at radius 1 is 1.35 bits per heavy atom. The van der Waals surface area contributed by atoms with Gasteiger partial charge in [0.05, 0.1) is 13.7 Å². The second-order valence-electron chi connectivity index (χ2n) is 3.58. The SMILES string of the molecule is COc1ccc(C2OC2COS(=O)(=O)O)cc1. The van der Waals surface area contributed by atoms with E-state index in [0.717, 1.165) is 11.3 Å². The number of methoxy groups -OCH3 is 1. The molecule has 0 aromatic heterocycles. The van der Waals surface area contributed by atoms with Crippen molar-refractivity contribution >= 4 is 10.4 Å². The van der Waals surface area contributed by atoms with Crippen molar-refractivity contribution in [2.24, 2.45) is 0 Å². The van der Waals surface area contributed by atoms with Crippen LogP contribution in [0.5, 0.6) is 5.75 Å². The van der Waals surface area contributed by atoms with Gasteiger partial charge in [-0.1, -0.05) is 12.1 Å². The molecule has 1 aliphatic rings. The maximum Gasteiger partial charge on any atom is 0.397 e. The zero-order chi connectivity index (χ0) is 12.5. The summed E-state index contributed by atoms with van der Waals surface area (Å²) in [4.78, 5) is 0. The van der Waals surface area contributed by atoms with Gasteiger partial charge in [0, 0.05) is 0 Å². The molecule has 94 valence electrons. The second-order valence-corrected chi connectivity index (χ2v) is 4.67. The predicted octanol–water partition coefficient (Wildman–Crippen LogP) is 0.954. The van der Waals surface area contributed by atoms with Gasteiger partial charge >= 0.3 is 10.4 Å². The minimum Gasteiger partial charge on any atom is -0.497 e. The largest absolute Gasteiger partial charge is 0.497 e. The number of benzene rings is 1. The van der Waals surface area contributed by atoms with Gasteiger partial charge in [0.2, 0.25) is 0 Å². The van der Waals surface area contributed by atoms with Crippen LogP contribution in [-0.2, 0) is 19.3 Å². The first kappa shape index (κ1) is 12.3. The Balaban J connectivity index is 1.89. The summed E-state index contributed by atoms with van der Waals surface area (Å²) < 4.78 is 43.6. The first-order chi connectivity index (χ1) is 7.99. The van der Waals surface area contributed by atoms with Crippen LogP contribution in [0.25, 0.3) is 0 Å². The molecule has 0 radical (unpaired) electrons. The molecule has 1 fully saturated rings. The standard InChI is InChI=1S/C10H12O6S/c1-14-8-4-2-7(3-5-8)10-9(16-10)6-15-17(11,12)13/h2-5,9-10H,6H2,1H3,(H,11,12,13). The molecular weight excluding hydrogens is 248 g/mol. The number of rotatable bonds is 5. The van der Waals surface area contributed by atoms with Gasteiger partial charge in [0.25, 0.3) is 0 Å². The van der Waals surface area contributed by atoms with E-state index in [9.17, 15) is 8.42 Å². The monoisotopic (exact) mass is 260 g/mol. The lowest BCUT2D eigenvalue weighted by Crippen LogP contribution is -2.09. The first-order valence-electron chi connectivity index (χ1n) is 4.91. The average Bonchev–Trinajstić information content (AvgIpc) is 3.05. The third kappa shape index (κ3) is 3.40. The number of ether oxygens (including phenoxy) is 2. The summed E-state index contributed by atoms with van der Waals surface area (Å²) in [5.74, 6) is 0.736. The molecule has 2 unspecified atom stereocenters. The fourth-order valence-electron chi connectivity index (χ4n) is 1.51. The topological polar surface area (TPSA) is 85.4 Å².